The van der Waals surface area contributed by atoms with Gasteiger partial charge in [-0.15, -0.1) is 0 Å². The summed E-state index contributed by atoms with van der Waals surface area (Å²) in [6, 6.07) is 3.09. The van der Waals surface area contributed by atoms with Crippen LogP contribution < -0.4 is 0 Å². The lowest BCUT2D eigenvalue weighted by molar-refractivity contribution is 0.0594. The second-order valence-electron chi connectivity index (χ2n) is 2.21. The number of hydrogen-bond donors (Lipinski definition) is 1. The van der Waals surface area contributed by atoms with E-state index in [-0.39, 0.29) is 5.69 Å². The van der Waals surface area contributed by atoms with Gasteiger partial charge in [-0.3, -0.25) is 0 Å². The van der Waals surface area contributed by atoms with Gasteiger partial charge in [-0.1, -0.05) is 5.16 Å². The van der Waals surface area contributed by atoms with Gasteiger partial charge in [0.2, 0.25) is 0 Å². The average Bonchev–Trinajstić information content (AvgIpc) is 2.18. The van der Waals surface area contributed by atoms with Crippen LogP contribution in [0.1, 0.15) is 16.1 Å². The highest BCUT2D eigenvalue weighted by Gasteiger charge is 2.04. The number of carbonyl (C=O) groups excluding carboxylic acids is 1. The number of rotatable bonds is 2. The summed E-state index contributed by atoms with van der Waals surface area (Å²) in [5.74, 6) is -0.493. The topological polar surface area (TPSA) is 71.8 Å². The molecule has 0 atom stereocenters. The first-order chi connectivity index (χ1) is 6.27. The molecule has 0 saturated carbocycles. The molecule has 0 amide bonds. The van der Waals surface area contributed by atoms with E-state index in [1.54, 1.807) is 6.07 Å². The summed E-state index contributed by atoms with van der Waals surface area (Å²) in [4.78, 5) is 14.7. The molecule has 0 fully saturated rings. The average molecular weight is 180 g/mol. The van der Waals surface area contributed by atoms with Crippen LogP contribution in [0.25, 0.3) is 0 Å². The first-order valence-corrected chi connectivity index (χ1v) is 3.49. The summed E-state index contributed by atoms with van der Waals surface area (Å²) >= 11 is 0. The van der Waals surface area contributed by atoms with Gasteiger partial charge < -0.3 is 9.94 Å². The van der Waals surface area contributed by atoms with Gasteiger partial charge in [0.15, 0.2) is 0 Å². The highest BCUT2D eigenvalue weighted by atomic mass is 16.5. The number of carbonyl (C=O) groups is 1. The molecule has 1 N–H and O–H groups in total. The summed E-state index contributed by atoms with van der Waals surface area (Å²) in [5.41, 5.74) is 0.827. The first-order valence-electron chi connectivity index (χ1n) is 3.49. The van der Waals surface area contributed by atoms with Crippen molar-refractivity contribution in [3.05, 3.63) is 29.6 Å². The van der Waals surface area contributed by atoms with E-state index in [0.29, 0.717) is 5.56 Å². The Labute approximate surface area is 74.7 Å². The Morgan fingerprint density at radius 2 is 2.46 bits per heavy atom. The first kappa shape index (κ1) is 9.18. The Morgan fingerprint density at radius 1 is 1.69 bits per heavy atom. The van der Waals surface area contributed by atoms with E-state index in [9.17, 15) is 4.79 Å². The summed E-state index contributed by atoms with van der Waals surface area (Å²) in [5, 5.41) is 11.0. The molecule has 13 heavy (non-hydrogen) atoms. The minimum absolute atomic E-state index is 0.220. The van der Waals surface area contributed by atoms with Gasteiger partial charge in [-0.05, 0) is 12.1 Å². The van der Waals surface area contributed by atoms with Crippen LogP contribution in [0.15, 0.2) is 23.5 Å². The predicted octanol–water partition coefficient (Wildman–Crippen LogP) is 0.676. The Bertz CT molecular complexity index is 319. The summed E-state index contributed by atoms with van der Waals surface area (Å²) < 4.78 is 4.45. The molecule has 68 valence electrons. The van der Waals surface area contributed by atoms with E-state index in [1.807, 2.05) is 0 Å². The van der Waals surface area contributed by atoms with Crippen molar-refractivity contribution >= 4 is 12.2 Å². The van der Waals surface area contributed by atoms with Crippen molar-refractivity contribution in [3.8, 4) is 0 Å². The zero-order chi connectivity index (χ0) is 9.68. The molecule has 0 bridgehead atoms. The number of aromatic nitrogens is 1. The number of nitrogens with zero attached hydrogens (tertiary/aromatic N) is 2. The number of ether oxygens (including phenoxy) is 1. The van der Waals surface area contributed by atoms with Gasteiger partial charge in [0, 0.05) is 11.8 Å². The van der Waals surface area contributed by atoms with Gasteiger partial charge >= 0.3 is 5.97 Å². The Balaban J connectivity index is 2.87. The van der Waals surface area contributed by atoms with Crippen LogP contribution in [0, 0.1) is 0 Å². The lowest BCUT2D eigenvalue weighted by atomic mass is 10.3. The van der Waals surface area contributed by atoms with Gasteiger partial charge in [0.1, 0.15) is 5.69 Å². The maximum atomic E-state index is 10.9. The zero-order valence-electron chi connectivity index (χ0n) is 6.97. The second-order valence-corrected chi connectivity index (χ2v) is 2.21. The summed E-state index contributed by atoms with van der Waals surface area (Å²) in [7, 11) is 1.28. The molecular weight excluding hydrogens is 172 g/mol. The van der Waals surface area contributed by atoms with E-state index < -0.39 is 5.97 Å². The molecular formula is C8H8N2O3. The van der Waals surface area contributed by atoms with E-state index in [1.165, 1.54) is 25.6 Å². The molecule has 0 aliphatic heterocycles. The number of pyridine rings is 1. The summed E-state index contributed by atoms with van der Waals surface area (Å²) in [6.45, 7) is 0. The lowest BCUT2D eigenvalue weighted by Crippen LogP contribution is -2.03. The minimum Gasteiger partial charge on any atom is -0.464 e. The number of methoxy groups -OCH3 is 1. The third kappa shape index (κ3) is 2.26. The Kier molecular flexibility index (Phi) is 2.97. The van der Waals surface area contributed by atoms with Crippen molar-refractivity contribution in [2.24, 2.45) is 5.16 Å². The van der Waals surface area contributed by atoms with E-state index in [0.717, 1.165) is 0 Å². The third-order valence-corrected chi connectivity index (χ3v) is 1.39. The van der Waals surface area contributed by atoms with Crippen LogP contribution in [0.3, 0.4) is 0 Å². The molecule has 5 heteroatoms. The molecule has 0 aliphatic rings. The molecule has 1 heterocycles. The number of oxime groups is 1. The molecule has 0 saturated heterocycles. The standard InChI is InChI=1S/C8H8N2O3/c1-13-8(11)7-3-2-6(4-9-7)5-10-12/h2-5,12H,1H3. The van der Waals surface area contributed by atoms with Crippen molar-refractivity contribution in [1.82, 2.24) is 4.98 Å². The maximum Gasteiger partial charge on any atom is 0.356 e. The molecule has 5 nitrogen and oxygen atoms in total. The van der Waals surface area contributed by atoms with E-state index >= 15 is 0 Å². The van der Waals surface area contributed by atoms with Crippen molar-refractivity contribution in [2.45, 2.75) is 0 Å². The van der Waals surface area contributed by atoms with Crippen LogP contribution in [-0.2, 0) is 4.74 Å². The highest BCUT2D eigenvalue weighted by molar-refractivity contribution is 5.88. The minimum atomic E-state index is -0.493. The van der Waals surface area contributed by atoms with Gasteiger partial charge in [-0.25, -0.2) is 9.78 Å². The molecule has 0 spiro atoms. The van der Waals surface area contributed by atoms with Gasteiger partial charge in [-0.2, -0.15) is 0 Å². The monoisotopic (exact) mass is 180 g/mol. The maximum absolute atomic E-state index is 10.9. The Hall–Kier alpha value is -1.91. The SMILES string of the molecule is COC(=O)c1ccc(C=NO)cn1. The van der Waals surface area contributed by atoms with Crippen LogP contribution in [0.2, 0.25) is 0 Å². The molecule has 0 aliphatic carbocycles. The van der Waals surface area contributed by atoms with E-state index in [4.69, 9.17) is 5.21 Å². The van der Waals surface area contributed by atoms with Gasteiger partial charge in [0.05, 0.1) is 13.3 Å². The Morgan fingerprint density at radius 3 is 2.92 bits per heavy atom. The van der Waals surface area contributed by atoms with Crippen molar-refractivity contribution in [2.75, 3.05) is 7.11 Å². The predicted molar refractivity (Wildman–Crippen MR) is 45.0 cm³/mol. The molecule has 1 aromatic rings. The quantitative estimate of drug-likeness (QED) is 0.314. The van der Waals surface area contributed by atoms with Crippen molar-refractivity contribution < 1.29 is 14.7 Å². The van der Waals surface area contributed by atoms with Crippen LogP contribution in [0.5, 0.6) is 0 Å². The van der Waals surface area contributed by atoms with Gasteiger partial charge in [0.25, 0.3) is 0 Å². The molecule has 1 aromatic heterocycles. The highest BCUT2D eigenvalue weighted by Crippen LogP contribution is 1.99. The van der Waals surface area contributed by atoms with Crippen LogP contribution in [0.4, 0.5) is 0 Å². The number of hydrogen-bond acceptors (Lipinski definition) is 5. The fraction of sp³-hybridized carbons (Fsp3) is 0.125. The smallest absolute Gasteiger partial charge is 0.356 e. The molecule has 0 aromatic carbocycles. The second kappa shape index (κ2) is 4.20. The largest absolute Gasteiger partial charge is 0.464 e. The molecule has 0 radical (unpaired) electrons. The van der Waals surface area contributed by atoms with Crippen LogP contribution in [-0.4, -0.2) is 29.5 Å². The molecule has 1 rings (SSSR count). The molecule has 0 unspecified atom stereocenters. The van der Waals surface area contributed by atoms with Crippen LogP contribution >= 0.6 is 0 Å². The van der Waals surface area contributed by atoms with Crippen molar-refractivity contribution in [1.29, 1.82) is 0 Å². The lowest BCUT2D eigenvalue weighted by Gasteiger charge is -1.97. The third-order valence-electron chi connectivity index (χ3n) is 1.39. The summed E-state index contributed by atoms with van der Waals surface area (Å²) in [6.07, 6.45) is 2.63. The normalized spacial score (nSPS) is 10.2. The van der Waals surface area contributed by atoms with E-state index in [2.05, 4.69) is 14.9 Å². The fourth-order valence-electron chi connectivity index (χ4n) is 0.774. The zero-order valence-corrected chi connectivity index (χ0v) is 6.97. The fourth-order valence-corrected chi connectivity index (χ4v) is 0.774. The van der Waals surface area contributed by atoms with Crippen molar-refractivity contribution in [3.63, 3.8) is 0 Å². The number of esters is 1.